The third-order valence-corrected chi connectivity index (χ3v) is 9.79. The first-order valence-corrected chi connectivity index (χ1v) is 23.1. The highest BCUT2D eigenvalue weighted by molar-refractivity contribution is 7.47. The molecule has 0 aliphatic carbocycles. The highest BCUT2D eigenvalue weighted by Crippen LogP contribution is 2.43. The van der Waals surface area contributed by atoms with Crippen molar-refractivity contribution in [2.45, 2.75) is 174 Å². The number of ether oxygens (including phenoxy) is 2. The Morgan fingerprint density at radius 3 is 1.60 bits per heavy atom. The van der Waals surface area contributed by atoms with Gasteiger partial charge < -0.3 is 19.3 Å². The fraction of sp³-hybridized carbons (Fsp3) is 0.733. The van der Waals surface area contributed by atoms with Crippen LogP contribution in [-0.2, 0) is 32.7 Å². The number of hydrogen-bond acceptors (Lipinski definition) is 8. The standard InChI is InChI=1S/C45H80NO8P/c1-5-7-9-11-13-15-17-19-21-22-24-25-27-29-31-33-35-37-44(47)51-41-43(42-53-55(49,50)52-40-39-46(3)4)54-45(48)38-36-34-32-30-28-26-23-20-18-16-14-12-10-8-6-2/h8,10,14,16,19-21,23,28,30,43H,5-7,9,11-13,15,17-18,22,24-27,29,31-42H2,1-4H3,(H,49,50)/b10-8-,16-14-,21-19-,23-20-,30-28-. The van der Waals surface area contributed by atoms with Gasteiger partial charge in [-0.1, -0.05) is 139 Å². The number of likely N-dealkylation sites (N-methyl/N-ethyl adjacent to an activating group) is 1. The minimum absolute atomic E-state index is 0.00377. The lowest BCUT2D eigenvalue weighted by molar-refractivity contribution is -0.161. The predicted octanol–water partition coefficient (Wildman–Crippen LogP) is 12.3. The highest BCUT2D eigenvalue weighted by atomic mass is 31.2. The van der Waals surface area contributed by atoms with E-state index < -0.39 is 26.5 Å². The Labute approximate surface area is 336 Å². The van der Waals surface area contributed by atoms with Crippen LogP contribution in [0.2, 0.25) is 0 Å². The van der Waals surface area contributed by atoms with E-state index in [0.717, 1.165) is 70.6 Å². The average Bonchev–Trinajstić information content (AvgIpc) is 3.15. The van der Waals surface area contributed by atoms with Gasteiger partial charge in [-0.3, -0.25) is 18.6 Å². The molecule has 0 aliphatic heterocycles. The number of nitrogens with zero attached hydrogens (tertiary/aromatic N) is 1. The van der Waals surface area contributed by atoms with Crippen LogP contribution in [-0.4, -0.2) is 68.3 Å². The van der Waals surface area contributed by atoms with Gasteiger partial charge in [0.25, 0.3) is 0 Å². The lowest BCUT2D eigenvalue weighted by atomic mass is 10.1. The van der Waals surface area contributed by atoms with Crippen LogP contribution in [0.1, 0.15) is 168 Å². The van der Waals surface area contributed by atoms with Gasteiger partial charge in [0.1, 0.15) is 6.61 Å². The maximum absolute atomic E-state index is 12.6. The molecular weight excluding hydrogens is 713 g/mol. The zero-order chi connectivity index (χ0) is 40.5. The number of rotatable bonds is 39. The van der Waals surface area contributed by atoms with Crippen molar-refractivity contribution in [2.24, 2.45) is 0 Å². The molecule has 0 radical (unpaired) electrons. The van der Waals surface area contributed by atoms with Crippen LogP contribution >= 0.6 is 7.82 Å². The third kappa shape index (κ3) is 41.2. The summed E-state index contributed by atoms with van der Waals surface area (Å²) in [6.45, 7) is 4.14. The minimum Gasteiger partial charge on any atom is -0.462 e. The topological polar surface area (TPSA) is 112 Å². The van der Waals surface area contributed by atoms with Crippen LogP contribution in [0, 0.1) is 0 Å². The van der Waals surface area contributed by atoms with E-state index >= 15 is 0 Å². The first kappa shape index (κ1) is 52.7. The van der Waals surface area contributed by atoms with Crippen LogP contribution in [0.25, 0.3) is 0 Å². The molecule has 0 aromatic carbocycles. The molecule has 0 saturated carbocycles. The normalized spacial score (nSPS) is 14.0. The summed E-state index contributed by atoms with van der Waals surface area (Å²) in [4.78, 5) is 37.0. The number of phosphoric acid groups is 1. The fourth-order valence-corrected chi connectivity index (χ4v) is 6.24. The van der Waals surface area contributed by atoms with Crippen molar-refractivity contribution < 1.29 is 37.6 Å². The Kier molecular flexibility index (Phi) is 38.3. The number of carbonyl (C=O) groups is 2. The van der Waals surface area contributed by atoms with E-state index in [1.165, 1.54) is 64.2 Å². The molecule has 9 nitrogen and oxygen atoms in total. The third-order valence-electron chi connectivity index (χ3n) is 8.81. The van der Waals surface area contributed by atoms with Gasteiger partial charge in [0.2, 0.25) is 0 Å². The summed E-state index contributed by atoms with van der Waals surface area (Å²) in [5, 5.41) is 0. The van der Waals surface area contributed by atoms with E-state index in [9.17, 15) is 19.0 Å². The van der Waals surface area contributed by atoms with Crippen molar-refractivity contribution in [1.82, 2.24) is 4.90 Å². The summed E-state index contributed by atoms with van der Waals surface area (Å²) < 4.78 is 33.4. The second-order valence-electron chi connectivity index (χ2n) is 14.5. The molecule has 0 aromatic rings. The lowest BCUT2D eigenvalue weighted by Crippen LogP contribution is -2.29. The molecule has 1 N–H and O–H groups in total. The molecule has 0 saturated heterocycles. The summed E-state index contributed by atoms with van der Waals surface area (Å²) >= 11 is 0. The molecule has 10 heteroatoms. The predicted molar refractivity (Wildman–Crippen MR) is 229 cm³/mol. The first-order valence-electron chi connectivity index (χ1n) is 21.6. The number of allylic oxidation sites excluding steroid dienone is 10. The summed E-state index contributed by atoms with van der Waals surface area (Å²) in [7, 11) is -0.741. The van der Waals surface area contributed by atoms with Crippen LogP contribution < -0.4 is 0 Å². The van der Waals surface area contributed by atoms with Crippen molar-refractivity contribution in [3.63, 3.8) is 0 Å². The molecule has 0 aliphatic rings. The van der Waals surface area contributed by atoms with Crippen LogP contribution in [0.5, 0.6) is 0 Å². The van der Waals surface area contributed by atoms with Gasteiger partial charge >= 0.3 is 19.8 Å². The van der Waals surface area contributed by atoms with E-state index in [2.05, 4.69) is 74.6 Å². The van der Waals surface area contributed by atoms with E-state index in [1.54, 1.807) is 0 Å². The Bertz CT molecular complexity index is 1100. The zero-order valence-corrected chi connectivity index (χ0v) is 36.2. The molecular formula is C45H80NO8P. The molecule has 0 heterocycles. The lowest BCUT2D eigenvalue weighted by Gasteiger charge is -2.20. The van der Waals surface area contributed by atoms with E-state index in [0.29, 0.717) is 13.0 Å². The Balaban J connectivity index is 4.36. The van der Waals surface area contributed by atoms with Gasteiger partial charge in [-0.05, 0) is 91.1 Å². The Morgan fingerprint density at radius 2 is 1.04 bits per heavy atom. The molecule has 55 heavy (non-hydrogen) atoms. The van der Waals surface area contributed by atoms with Crippen LogP contribution in [0.15, 0.2) is 60.8 Å². The smallest absolute Gasteiger partial charge is 0.462 e. The fourth-order valence-electron chi connectivity index (χ4n) is 5.50. The molecule has 318 valence electrons. The average molecular weight is 794 g/mol. The Morgan fingerprint density at radius 1 is 0.582 bits per heavy atom. The van der Waals surface area contributed by atoms with E-state index in [4.69, 9.17) is 18.5 Å². The van der Waals surface area contributed by atoms with Crippen molar-refractivity contribution in [3.8, 4) is 0 Å². The molecule has 2 atom stereocenters. The number of hydrogen-bond donors (Lipinski definition) is 1. The van der Waals surface area contributed by atoms with Crippen molar-refractivity contribution in [3.05, 3.63) is 60.8 Å². The summed E-state index contributed by atoms with van der Waals surface area (Å²) in [6.07, 6.45) is 45.6. The minimum atomic E-state index is -4.38. The van der Waals surface area contributed by atoms with E-state index in [1.807, 2.05) is 19.0 Å². The molecule has 0 rings (SSSR count). The number of unbranched alkanes of at least 4 members (excludes halogenated alkanes) is 15. The van der Waals surface area contributed by atoms with Crippen molar-refractivity contribution >= 4 is 19.8 Å². The summed E-state index contributed by atoms with van der Waals surface area (Å²) in [6, 6.07) is 0. The summed E-state index contributed by atoms with van der Waals surface area (Å²) in [5.41, 5.74) is 0. The van der Waals surface area contributed by atoms with Crippen molar-refractivity contribution in [1.29, 1.82) is 0 Å². The van der Waals surface area contributed by atoms with Gasteiger partial charge in [-0.25, -0.2) is 4.57 Å². The number of phosphoric ester groups is 1. The molecule has 2 unspecified atom stereocenters. The SMILES string of the molecule is CC/C=C\C/C=C\C/C=C\C/C=C\CCCCC(=O)OC(COC(=O)CCCCCCCCC/C=C\CCCCCCCC)COP(=O)(O)OCCN(C)C. The van der Waals surface area contributed by atoms with Crippen molar-refractivity contribution in [2.75, 3.05) is 40.5 Å². The maximum atomic E-state index is 12.6. The van der Waals surface area contributed by atoms with Gasteiger partial charge in [0.15, 0.2) is 6.10 Å². The quantitative estimate of drug-likeness (QED) is 0.0281. The molecule has 0 fully saturated rings. The van der Waals surface area contributed by atoms with Gasteiger partial charge in [-0.2, -0.15) is 0 Å². The monoisotopic (exact) mass is 794 g/mol. The first-order chi connectivity index (χ1) is 26.7. The molecule has 0 amide bonds. The van der Waals surface area contributed by atoms with Gasteiger partial charge in [0, 0.05) is 19.4 Å². The molecule has 0 spiro atoms. The zero-order valence-electron chi connectivity index (χ0n) is 35.3. The van der Waals surface area contributed by atoms with Crippen LogP contribution in [0.4, 0.5) is 0 Å². The number of esters is 2. The number of carbonyl (C=O) groups excluding carboxylic acids is 2. The van der Waals surface area contributed by atoms with Crippen LogP contribution in [0.3, 0.4) is 0 Å². The maximum Gasteiger partial charge on any atom is 0.472 e. The largest absolute Gasteiger partial charge is 0.472 e. The summed E-state index contributed by atoms with van der Waals surface area (Å²) in [5.74, 6) is -0.860. The second-order valence-corrected chi connectivity index (χ2v) is 15.9. The highest BCUT2D eigenvalue weighted by Gasteiger charge is 2.26. The van der Waals surface area contributed by atoms with Gasteiger partial charge in [-0.15, -0.1) is 0 Å². The molecule has 0 aromatic heterocycles. The van der Waals surface area contributed by atoms with E-state index in [-0.39, 0.29) is 32.0 Å². The Hall–Kier alpha value is -2.29. The van der Waals surface area contributed by atoms with Gasteiger partial charge in [0.05, 0.1) is 13.2 Å². The second kappa shape index (κ2) is 39.9. The molecule has 0 bridgehead atoms.